The Hall–Kier alpha value is -1.64. The summed E-state index contributed by atoms with van der Waals surface area (Å²) < 4.78 is 0. The third kappa shape index (κ3) is 4.18. The maximum atomic E-state index is 3.74. The molecular weight excluding hydrogens is 340 g/mol. The molecule has 2 aromatic carbocycles. The van der Waals surface area contributed by atoms with Gasteiger partial charge in [0, 0.05) is 25.6 Å². The normalized spacial score (nSPS) is 25.5. The Morgan fingerprint density at radius 1 is 0.857 bits per heavy atom. The molecule has 5 rings (SSSR count). The van der Waals surface area contributed by atoms with Gasteiger partial charge in [-0.3, -0.25) is 0 Å². The maximum absolute atomic E-state index is 3.74. The number of hydrogen-bond acceptors (Lipinski definition) is 2. The highest BCUT2D eigenvalue weighted by molar-refractivity contribution is 5.32. The van der Waals surface area contributed by atoms with E-state index in [1.807, 2.05) is 0 Å². The zero-order valence-corrected chi connectivity index (χ0v) is 17.5. The smallest absolute Gasteiger partial charge is 0.0214 e. The monoisotopic (exact) mass is 376 g/mol. The quantitative estimate of drug-likeness (QED) is 0.597. The first-order chi connectivity index (χ1) is 13.7. The summed E-state index contributed by atoms with van der Waals surface area (Å²) in [6.45, 7) is 9.25. The van der Waals surface area contributed by atoms with Crippen LogP contribution in [0.5, 0.6) is 0 Å². The van der Waals surface area contributed by atoms with Crippen molar-refractivity contribution in [2.24, 2.45) is 23.2 Å². The van der Waals surface area contributed by atoms with Gasteiger partial charge in [-0.25, -0.2) is 0 Å². The molecule has 0 saturated heterocycles. The molecule has 0 spiro atoms. The van der Waals surface area contributed by atoms with Crippen LogP contribution in [-0.2, 0) is 0 Å². The van der Waals surface area contributed by atoms with Crippen LogP contribution in [0.2, 0.25) is 0 Å². The van der Waals surface area contributed by atoms with Crippen molar-refractivity contribution >= 4 is 0 Å². The van der Waals surface area contributed by atoms with Crippen LogP contribution in [0.3, 0.4) is 0 Å². The predicted octanol–water partition coefficient (Wildman–Crippen LogP) is 5.07. The molecule has 0 aromatic heterocycles. The third-order valence-corrected chi connectivity index (χ3v) is 7.64. The van der Waals surface area contributed by atoms with Crippen LogP contribution in [0, 0.1) is 23.2 Å². The summed E-state index contributed by atoms with van der Waals surface area (Å²) in [5.41, 5.74) is 3.37. The minimum atomic E-state index is 0.411. The van der Waals surface area contributed by atoms with Gasteiger partial charge in [0.2, 0.25) is 0 Å². The van der Waals surface area contributed by atoms with Crippen molar-refractivity contribution in [2.75, 3.05) is 26.2 Å². The van der Waals surface area contributed by atoms with Crippen LogP contribution in [0.1, 0.15) is 50.2 Å². The van der Waals surface area contributed by atoms with Gasteiger partial charge in [-0.15, -0.1) is 0 Å². The first kappa shape index (κ1) is 19.7. The number of hydrogen-bond donors (Lipinski definition) is 2. The Labute approximate surface area is 171 Å². The Kier molecular flexibility index (Phi) is 6.18. The summed E-state index contributed by atoms with van der Waals surface area (Å²) in [6, 6.07) is 21.7. The second-order valence-electron chi connectivity index (χ2n) is 9.48. The summed E-state index contributed by atoms with van der Waals surface area (Å²) in [5.74, 6) is 3.26. The second kappa shape index (κ2) is 8.80. The van der Waals surface area contributed by atoms with Gasteiger partial charge in [0.1, 0.15) is 0 Å². The SMILES string of the molecule is CC1(C)C2CCC(CNCCNCC(c3ccccc3)c3ccccc3)[C@@H]1C2. The molecule has 28 heavy (non-hydrogen) atoms. The lowest BCUT2D eigenvalue weighted by molar-refractivity contribution is -0.103. The van der Waals surface area contributed by atoms with Crippen molar-refractivity contribution in [1.29, 1.82) is 0 Å². The van der Waals surface area contributed by atoms with Crippen LogP contribution in [0.4, 0.5) is 0 Å². The fourth-order valence-electron chi connectivity index (χ4n) is 5.72. The van der Waals surface area contributed by atoms with E-state index in [9.17, 15) is 0 Å². The van der Waals surface area contributed by atoms with E-state index in [1.54, 1.807) is 0 Å². The van der Waals surface area contributed by atoms with Crippen LogP contribution < -0.4 is 10.6 Å². The molecule has 2 bridgehead atoms. The summed E-state index contributed by atoms with van der Waals surface area (Å²) in [7, 11) is 0. The first-order valence-electron chi connectivity index (χ1n) is 11.2. The number of benzene rings is 2. The largest absolute Gasteiger partial charge is 0.315 e. The number of rotatable bonds is 9. The van der Waals surface area contributed by atoms with Crippen molar-refractivity contribution in [2.45, 2.75) is 39.0 Å². The van der Waals surface area contributed by atoms with Crippen molar-refractivity contribution in [3.8, 4) is 0 Å². The van der Waals surface area contributed by atoms with Crippen molar-refractivity contribution in [3.63, 3.8) is 0 Å². The first-order valence-corrected chi connectivity index (χ1v) is 11.2. The van der Waals surface area contributed by atoms with Crippen LogP contribution in [0.15, 0.2) is 60.7 Å². The zero-order valence-electron chi connectivity index (χ0n) is 17.5. The van der Waals surface area contributed by atoms with E-state index in [0.29, 0.717) is 11.3 Å². The molecule has 2 heteroatoms. The van der Waals surface area contributed by atoms with Crippen molar-refractivity contribution in [3.05, 3.63) is 71.8 Å². The molecule has 3 aliphatic rings. The highest BCUT2D eigenvalue weighted by Crippen LogP contribution is 2.61. The lowest BCUT2D eigenvalue weighted by atomic mass is 9.45. The third-order valence-electron chi connectivity index (χ3n) is 7.64. The van der Waals surface area contributed by atoms with Gasteiger partial charge in [-0.05, 0) is 60.1 Å². The Morgan fingerprint density at radius 3 is 2.04 bits per heavy atom. The standard InChI is InChI=1S/C26H36N2/c1-26(2)23-14-13-22(25(26)17-23)18-27-15-16-28-19-24(20-9-5-3-6-10-20)21-11-7-4-8-12-21/h3-12,22-25,27-28H,13-19H2,1-2H3/t22?,23?,25-/m0/s1. The topological polar surface area (TPSA) is 24.1 Å². The average Bonchev–Trinajstić information content (AvgIpc) is 2.74. The van der Waals surface area contributed by atoms with E-state index in [-0.39, 0.29) is 0 Å². The second-order valence-corrected chi connectivity index (χ2v) is 9.48. The molecule has 150 valence electrons. The molecule has 0 radical (unpaired) electrons. The molecule has 3 saturated carbocycles. The zero-order chi connectivity index (χ0) is 19.4. The lowest BCUT2D eigenvalue weighted by Gasteiger charge is -2.60. The molecule has 0 heterocycles. The highest BCUT2D eigenvalue weighted by Gasteiger charge is 2.53. The van der Waals surface area contributed by atoms with Gasteiger partial charge in [0.05, 0.1) is 0 Å². The minimum Gasteiger partial charge on any atom is -0.315 e. The van der Waals surface area contributed by atoms with Crippen LogP contribution >= 0.6 is 0 Å². The van der Waals surface area contributed by atoms with E-state index in [2.05, 4.69) is 85.1 Å². The van der Waals surface area contributed by atoms with Gasteiger partial charge < -0.3 is 10.6 Å². The van der Waals surface area contributed by atoms with Crippen LogP contribution in [-0.4, -0.2) is 26.2 Å². The van der Waals surface area contributed by atoms with Crippen molar-refractivity contribution in [1.82, 2.24) is 10.6 Å². The summed E-state index contributed by atoms with van der Waals surface area (Å²) in [4.78, 5) is 0. The van der Waals surface area contributed by atoms with E-state index < -0.39 is 0 Å². The van der Waals surface area contributed by atoms with Gasteiger partial charge in [0.15, 0.2) is 0 Å². The maximum Gasteiger partial charge on any atom is 0.0214 e. The Balaban J connectivity index is 1.22. The molecule has 2 nitrogen and oxygen atoms in total. The van der Waals surface area contributed by atoms with E-state index in [1.165, 1.54) is 36.9 Å². The fourth-order valence-corrected chi connectivity index (χ4v) is 5.72. The fraction of sp³-hybridized carbons (Fsp3) is 0.538. The van der Waals surface area contributed by atoms with Crippen molar-refractivity contribution < 1.29 is 0 Å². The molecule has 2 N–H and O–H groups in total. The summed E-state index contributed by atoms with van der Waals surface area (Å²) in [6.07, 6.45) is 4.36. The number of fused-ring (bicyclic) bond motifs is 2. The highest BCUT2D eigenvalue weighted by atomic mass is 14.9. The molecule has 2 aromatic rings. The van der Waals surface area contributed by atoms with Gasteiger partial charge >= 0.3 is 0 Å². The Bertz CT molecular complexity index is 683. The number of nitrogens with one attached hydrogen (secondary N) is 2. The molecule has 3 aliphatic carbocycles. The molecule has 3 atom stereocenters. The molecule has 0 amide bonds. The molecule has 0 aliphatic heterocycles. The molecule has 3 fully saturated rings. The minimum absolute atomic E-state index is 0.411. The average molecular weight is 377 g/mol. The molecule has 2 unspecified atom stereocenters. The van der Waals surface area contributed by atoms with Gasteiger partial charge in [-0.2, -0.15) is 0 Å². The van der Waals surface area contributed by atoms with E-state index >= 15 is 0 Å². The lowest BCUT2D eigenvalue weighted by Crippen LogP contribution is -2.54. The molecular formula is C26H36N2. The Morgan fingerprint density at radius 2 is 1.46 bits per heavy atom. The predicted molar refractivity (Wildman–Crippen MR) is 119 cm³/mol. The van der Waals surface area contributed by atoms with Gasteiger partial charge in [-0.1, -0.05) is 74.5 Å². The summed E-state index contributed by atoms with van der Waals surface area (Å²) >= 11 is 0. The summed E-state index contributed by atoms with van der Waals surface area (Å²) in [5, 5.41) is 7.43. The van der Waals surface area contributed by atoms with Crippen LogP contribution in [0.25, 0.3) is 0 Å². The van der Waals surface area contributed by atoms with E-state index in [4.69, 9.17) is 0 Å². The van der Waals surface area contributed by atoms with E-state index in [0.717, 1.165) is 37.4 Å². The van der Waals surface area contributed by atoms with Gasteiger partial charge in [0.25, 0.3) is 0 Å².